The van der Waals surface area contributed by atoms with Crippen molar-refractivity contribution in [2.75, 3.05) is 6.54 Å². The Bertz CT molecular complexity index is 1270. The summed E-state index contributed by atoms with van der Waals surface area (Å²) in [5.41, 5.74) is 3.92. The number of nitrogens with zero attached hydrogens (tertiary/aromatic N) is 3. The Morgan fingerprint density at radius 1 is 1.12 bits per heavy atom. The van der Waals surface area contributed by atoms with Gasteiger partial charge in [-0.15, -0.1) is 11.3 Å². The van der Waals surface area contributed by atoms with Gasteiger partial charge in [-0.05, 0) is 43.7 Å². The highest BCUT2D eigenvalue weighted by Crippen LogP contribution is 2.32. The molecule has 0 radical (unpaired) electrons. The molecule has 1 aliphatic heterocycles. The molecule has 1 aliphatic rings. The fourth-order valence-electron chi connectivity index (χ4n) is 4.10. The molecule has 4 aromatic rings. The highest BCUT2D eigenvalue weighted by atomic mass is 32.1. The molecule has 2 aromatic carbocycles. The average molecular weight is 447 g/mol. The van der Waals surface area contributed by atoms with E-state index in [0.29, 0.717) is 13.1 Å². The maximum Gasteiger partial charge on any atom is 0.333 e. The Labute approximate surface area is 191 Å². The Morgan fingerprint density at radius 2 is 1.91 bits per heavy atom. The van der Waals surface area contributed by atoms with Crippen LogP contribution in [0.4, 0.5) is 0 Å². The van der Waals surface area contributed by atoms with E-state index >= 15 is 0 Å². The van der Waals surface area contributed by atoms with E-state index in [1.54, 1.807) is 15.9 Å². The van der Waals surface area contributed by atoms with Gasteiger partial charge >= 0.3 is 5.69 Å². The van der Waals surface area contributed by atoms with Gasteiger partial charge in [0.25, 0.3) is 0 Å². The van der Waals surface area contributed by atoms with Crippen molar-refractivity contribution in [2.24, 2.45) is 0 Å². The molecule has 32 heavy (non-hydrogen) atoms. The van der Waals surface area contributed by atoms with Crippen molar-refractivity contribution in [3.63, 3.8) is 0 Å². The number of aromatic nitrogens is 3. The molecular weight excluding hydrogens is 420 g/mol. The zero-order valence-corrected chi connectivity index (χ0v) is 19.1. The van der Waals surface area contributed by atoms with E-state index in [-0.39, 0.29) is 11.8 Å². The Balaban J connectivity index is 1.57. The first-order valence-electron chi connectivity index (χ1n) is 10.9. The van der Waals surface area contributed by atoms with E-state index < -0.39 is 0 Å². The summed E-state index contributed by atoms with van der Waals surface area (Å²) in [4.78, 5) is 19.3. The predicted molar refractivity (Wildman–Crippen MR) is 128 cm³/mol. The highest BCUT2D eigenvalue weighted by molar-refractivity contribution is 7.15. The molecule has 0 fully saturated rings. The van der Waals surface area contributed by atoms with Gasteiger partial charge in [0.15, 0.2) is 0 Å². The number of benzene rings is 2. The maximum absolute atomic E-state index is 13.4. The summed E-state index contributed by atoms with van der Waals surface area (Å²) in [7, 11) is 0. The third-order valence-electron chi connectivity index (χ3n) is 5.49. The standard InChI is InChI=1S/C25H26N4O2S/c1-17(2)31-20-10-8-19(9-11-20)29-23(22-16-26-12-13-28(22)25(29)30)24-27-15-21(32-24)14-18-6-4-3-5-7-18/h3-11,15,17,26H,12-14,16H2,1-2H3. The second-order valence-electron chi connectivity index (χ2n) is 8.20. The number of hydrogen-bond acceptors (Lipinski definition) is 5. The van der Waals surface area contributed by atoms with Crippen molar-refractivity contribution in [1.29, 1.82) is 0 Å². The van der Waals surface area contributed by atoms with E-state index in [9.17, 15) is 4.79 Å². The lowest BCUT2D eigenvalue weighted by Crippen LogP contribution is -2.34. The molecule has 0 amide bonds. The number of thiazole rings is 1. The quantitative estimate of drug-likeness (QED) is 0.481. The Kier molecular flexibility index (Phi) is 5.68. The number of hydrogen-bond donors (Lipinski definition) is 1. The smallest absolute Gasteiger partial charge is 0.333 e. The average Bonchev–Trinajstić information content (AvgIpc) is 3.37. The maximum atomic E-state index is 13.4. The molecule has 0 atom stereocenters. The minimum Gasteiger partial charge on any atom is -0.491 e. The summed E-state index contributed by atoms with van der Waals surface area (Å²) < 4.78 is 9.45. The third-order valence-corrected chi connectivity index (χ3v) is 6.50. The normalized spacial score (nSPS) is 13.3. The molecule has 6 nitrogen and oxygen atoms in total. The zero-order valence-electron chi connectivity index (χ0n) is 18.2. The molecular formula is C25H26N4O2S. The largest absolute Gasteiger partial charge is 0.491 e. The van der Waals surface area contributed by atoms with Gasteiger partial charge in [-0.2, -0.15) is 0 Å². The van der Waals surface area contributed by atoms with E-state index in [2.05, 4.69) is 29.6 Å². The van der Waals surface area contributed by atoms with Crippen LogP contribution in [0.25, 0.3) is 16.4 Å². The zero-order chi connectivity index (χ0) is 22.1. The lowest BCUT2D eigenvalue weighted by Gasteiger charge is -2.15. The fourth-order valence-corrected chi connectivity index (χ4v) is 5.10. The first kappa shape index (κ1) is 20.7. The van der Waals surface area contributed by atoms with Crippen LogP contribution in [0.5, 0.6) is 5.75 Å². The molecule has 164 valence electrons. The van der Waals surface area contributed by atoms with Crippen LogP contribution in [0.1, 0.15) is 30.0 Å². The summed E-state index contributed by atoms with van der Waals surface area (Å²) in [5, 5.41) is 4.27. The summed E-state index contributed by atoms with van der Waals surface area (Å²) in [6.45, 7) is 6.10. The van der Waals surface area contributed by atoms with Crippen LogP contribution >= 0.6 is 11.3 Å². The van der Waals surface area contributed by atoms with Crippen molar-refractivity contribution in [3.05, 3.63) is 87.4 Å². The van der Waals surface area contributed by atoms with Crippen LogP contribution in [-0.2, 0) is 19.5 Å². The van der Waals surface area contributed by atoms with Gasteiger partial charge in [0.1, 0.15) is 16.5 Å². The van der Waals surface area contributed by atoms with Crippen LogP contribution in [0.15, 0.2) is 65.6 Å². The predicted octanol–water partition coefficient (Wildman–Crippen LogP) is 4.24. The van der Waals surface area contributed by atoms with Crippen LogP contribution in [0.2, 0.25) is 0 Å². The SMILES string of the molecule is CC(C)Oc1ccc(-n2c(-c3ncc(Cc4ccccc4)s3)c3n(c2=O)CCNC3)cc1. The molecule has 2 aromatic heterocycles. The molecule has 1 N–H and O–H groups in total. The topological polar surface area (TPSA) is 61.1 Å². The van der Waals surface area contributed by atoms with Crippen molar-refractivity contribution in [3.8, 4) is 22.1 Å². The number of rotatable bonds is 6. The number of fused-ring (bicyclic) bond motifs is 1. The summed E-state index contributed by atoms with van der Waals surface area (Å²) in [6.07, 6.45) is 2.87. The minimum absolute atomic E-state index is 0.0196. The summed E-state index contributed by atoms with van der Waals surface area (Å²) in [6, 6.07) is 18.1. The fraction of sp³-hybridized carbons (Fsp3) is 0.280. The van der Waals surface area contributed by atoms with E-state index in [0.717, 1.165) is 40.8 Å². The second-order valence-corrected chi connectivity index (χ2v) is 9.31. The molecule has 0 unspecified atom stereocenters. The third kappa shape index (κ3) is 4.01. The van der Waals surface area contributed by atoms with Gasteiger partial charge < -0.3 is 10.1 Å². The molecule has 3 heterocycles. The van der Waals surface area contributed by atoms with Crippen molar-refractivity contribution < 1.29 is 4.74 Å². The summed E-state index contributed by atoms with van der Waals surface area (Å²) in [5.74, 6) is 0.795. The number of nitrogens with one attached hydrogen (secondary N) is 1. The van der Waals surface area contributed by atoms with Crippen LogP contribution in [0.3, 0.4) is 0 Å². The molecule has 7 heteroatoms. The highest BCUT2D eigenvalue weighted by Gasteiger charge is 2.26. The van der Waals surface area contributed by atoms with Crippen LogP contribution < -0.4 is 15.7 Å². The van der Waals surface area contributed by atoms with Crippen molar-refractivity contribution in [1.82, 2.24) is 19.4 Å². The van der Waals surface area contributed by atoms with Gasteiger partial charge in [0.2, 0.25) is 0 Å². The molecule has 0 aliphatic carbocycles. The minimum atomic E-state index is -0.0196. The van der Waals surface area contributed by atoms with Crippen molar-refractivity contribution in [2.45, 2.75) is 39.5 Å². The number of ether oxygens (including phenoxy) is 1. The molecule has 0 bridgehead atoms. The monoisotopic (exact) mass is 446 g/mol. The first-order chi connectivity index (χ1) is 15.6. The second kappa shape index (κ2) is 8.76. The lowest BCUT2D eigenvalue weighted by atomic mass is 10.1. The Hall–Kier alpha value is -3.16. The van der Waals surface area contributed by atoms with Gasteiger partial charge in [0, 0.05) is 37.1 Å². The lowest BCUT2D eigenvalue weighted by molar-refractivity contribution is 0.242. The first-order valence-corrected chi connectivity index (χ1v) is 11.7. The van der Waals surface area contributed by atoms with Gasteiger partial charge in [-0.1, -0.05) is 30.3 Å². The molecule has 0 spiro atoms. The van der Waals surface area contributed by atoms with Crippen LogP contribution in [-0.4, -0.2) is 26.8 Å². The van der Waals surface area contributed by atoms with Gasteiger partial charge in [-0.3, -0.25) is 9.13 Å². The van der Waals surface area contributed by atoms with Gasteiger partial charge in [0.05, 0.1) is 17.5 Å². The molecule has 0 saturated heterocycles. The van der Waals surface area contributed by atoms with E-state index in [1.807, 2.05) is 54.9 Å². The molecule has 5 rings (SSSR count). The van der Waals surface area contributed by atoms with E-state index in [4.69, 9.17) is 9.72 Å². The Morgan fingerprint density at radius 3 is 2.66 bits per heavy atom. The van der Waals surface area contributed by atoms with Crippen molar-refractivity contribution >= 4 is 11.3 Å². The van der Waals surface area contributed by atoms with Crippen LogP contribution in [0, 0.1) is 0 Å². The van der Waals surface area contributed by atoms with E-state index in [1.165, 1.54) is 10.4 Å². The number of imidazole rings is 1. The van der Waals surface area contributed by atoms with Gasteiger partial charge in [-0.25, -0.2) is 9.78 Å². The summed E-state index contributed by atoms with van der Waals surface area (Å²) >= 11 is 1.65. The molecule has 0 saturated carbocycles.